The molecule has 0 spiro atoms. The van der Waals surface area contributed by atoms with E-state index < -0.39 is 10.0 Å². The summed E-state index contributed by atoms with van der Waals surface area (Å²) in [4.78, 5) is 7.33. The molecule has 1 saturated heterocycles. The molecule has 40 heavy (non-hydrogen) atoms. The molecule has 5 aromatic rings. The van der Waals surface area contributed by atoms with E-state index in [0.717, 1.165) is 53.0 Å². The first-order chi connectivity index (χ1) is 19.2. The lowest BCUT2D eigenvalue weighted by molar-refractivity contribution is 0.0520. The van der Waals surface area contributed by atoms with Crippen LogP contribution in [0.5, 0.6) is 5.75 Å². The van der Waals surface area contributed by atoms with Crippen LogP contribution >= 0.6 is 0 Å². The lowest BCUT2D eigenvalue weighted by Gasteiger charge is -2.35. The van der Waals surface area contributed by atoms with E-state index in [0.29, 0.717) is 11.0 Å². The molecule has 0 unspecified atom stereocenters. The summed E-state index contributed by atoms with van der Waals surface area (Å²) in [7, 11) is -3.86. The molecule has 3 aromatic carbocycles. The van der Waals surface area contributed by atoms with Crippen LogP contribution in [0.1, 0.15) is 33.1 Å². The molecule has 2 aromatic heterocycles. The predicted octanol–water partition coefficient (Wildman–Crippen LogP) is 5.51. The topological polar surface area (TPSA) is 103 Å². The Hall–Kier alpha value is -3.79. The number of benzene rings is 3. The number of hydrogen-bond donors (Lipinski definition) is 1. The van der Waals surface area contributed by atoms with Crippen molar-refractivity contribution in [1.82, 2.24) is 19.5 Å². The Balaban J connectivity index is 1.26. The number of aromatic nitrogens is 3. The van der Waals surface area contributed by atoms with E-state index in [1.807, 2.05) is 48.8 Å². The molecule has 0 aliphatic carbocycles. The highest BCUT2D eigenvalue weighted by molar-refractivity contribution is 7.89. The first kappa shape index (κ1) is 26.4. The fourth-order valence-electron chi connectivity index (χ4n) is 5.69. The second-order valence-electron chi connectivity index (χ2n) is 11.1. The van der Waals surface area contributed by atoms with E-state index in [9.17, 15) is 8.42 Å². The summed E-state index contributed by atoms with van der Waals surface area (Å²) < 4.78 is 32.4. The van der Waals surface area contributed by atoms with Gasteiger partial charge in [0.2, 0.25) is 10.0 Å². The largest absolute Gasteiger partial charge is 0.487 e. The Kier molecular flexibility index (Phi) is 6.82. The first-order valence-electron chi connectivity index (χ1n) is 13.6. The zero-order valence-electron chi connectivity index (χ0n) is 22.7. The maximum Gasteiger partial charge on any atom is 0.238 e. The smallest absolute Gasteiger partial charge is 0.238 e. The number of piperidine rings is 1. The van der Waals surface area contributed by atoms with E-state index in [2.05, 4.69) is 23.8 Å². The summed E-state index contributed by atoms with van der Waals surface area (Å²) in [6.07, 6.45) is 9.39. The number of nitrogens with two attached hydrogens (primary N) is 1. The zero-order valence-corrected chi connectivity index (χ0v) is 23.6. The third-order valence-electron chi connectivity index (χ3n) is 7.47. The first-order valence-corrected chi connectivity index (χ1v) is 15.1. The molecule has 1 aliphatic heterocycles. The van der Waals surface area contributed by atoms with Gasteiger partial charge in [-0.15, -0.1) is 0 Å². The minimum absolute atomic E-state index is 0.0980. The molecule has 6 rings (SSSR count). The van der Waals surface area contributed by atoms with Crippen molar-refractivity contribution < 1.29 is 13.2 Å². The molecule has 0 atom stereocenters. The van der Waals surface area contributed by atoms with Gasteiger partial charge in [0.1, 0.15) is 11.4 Å². The van der Waals surface area contributed by atoms with Crippen LogP contribution in [0.4, 0.5) is 0 Å². The van der Waals surface area contributed by atoms with Gasteiger partial charge in [-0.05, 0) is 74.5 Å². The molecule has 1 aliphatic rings. The molecular formula is C31H33N5O3S. The summed E-state index contributed by atoms with van der Waals surface area (Å²) in [6, 6.07) is 18.7. The van der Waals surface area contributed by atoms with Gasteiger partial charge in [-0.3, -0.25) is 4.90 Å². The summed E-state index contributed by atoms with van der Waals surface area (Å²) in [6.45, 7) is 7.50. The maximum absolute atomic E-state index is 12.1. The SMILES string of the molecule is CC(C)(CN1CCCCC1)Oc1ccc(-c2cnc3c(-c4ccc(S(N)(=O)=O)c5ccccc45)cnn3c2)cc1. The molecular weight excluding hydrogens is 522 g/mol. The Morgan fingerprint density at radius 1 is 0.875 bits per heavy atom. The van der Waals surface area contributed by atoms with Crippen LogP contribution in [-0.4, -0.2) is 53.2 Å². The minimum Gasteiger partial charge on any atom is -0.487 e. The highest BCUT2D eigenvalue weighted by atomic mass is 32.2. The van der Waals surface area contributed by atoms with Crippen molar-refractivity contribution in [3.05, 3.63) is 79.3 Å². The van der Waals surface area contributed by atoms with E-state index >= 15 is 0 Å². The van der Waals surface area contributed by atoms with Crippen LogP contribution in [0.15, 0.2) is 84.1 Å². The quantitative estimate of drug-likeness (QED) is 0.284. The van der Waals surface area contributed by atoms with Crippen molar-refractivity contribution in [2.75, 3.05) is 19.6 Å². The van der Waals surface area contributed by atoms with E-state index in [-0.39, 0.29) is 10.5 Å². The lowest BCUT2D eigenvalue weighted by Crippen LogP contribution is -2.44. The summed E-state index contributed by atoms with van der Waals surface area (Å²) in [5.74, 6) is 0.844. The average Bonchev–Trinajstić information content (AvgIpc) is 3.35. The summed E-state index contributed by atoms with van der Waals surface area (Å²) >= 11 is 0. The van der Waals surface area contributed by atoms with Gasteiger partial charge < -0.3 is 4.74 Å². The number of primary sulfonamides is 1. The van der Waals surface area contributed by atoms with Gasteiger partial charge in [0.25, 0.3) is 0 Å². The number of rotatable bonds is 7. The number of hydrogen-bond acceptors (Lipinski definition) is 6. The Bertz CT molecular complexity index is 1790. The van der Waals surface area contributed by atoms with Crippen LogP contribution in [-0.2, 0) is 10.0 Å². The zero-order chi connectivity index (χ0) is 27.9. The molecule has 9 heteroatoms. The van der Waals surface area contributed by atoms with Gasteiger partial charge in [-0.25, -0.2) is 23.1 Å². The summed E-state index contributed by atoms with van der Waals surface area (Å²) in [5.41, 5.74) is 3.99. The number of ether oxygens (including phenoxy) is 1. The van der Waals surface area contributed by atoms with Crippen molar-refractivity contribution in [3.63, 3.8) is 0 Å². The van der Waals surface area contributed by atoms with Crippen molar-refractivity contribution in [2.24, 2.45) is 5.14 Å². The number of fused-ring (bicyclic) bond motifs is 2. The van der Waals surface area contributed by atoms with E-state index in [1.54, 1.807) is 35.0 Å². The molecule has 0 radical (unpaired) electrons. The standard InChI is InChI=1S/C31H33N5O3S/c1-31(2,21-35-16-6-3-7-17-35)39-24-12-10-22(11-13-24)23-18-33-30-28(19-34-36(30)20-23)26-14-15-29(40(32,37)38)27-9-5-4-8-25(26)27/h4-5,8-15,18-20H,3,6-7,16-17,21H2,1-2H3,(H2,32,37,38). The lowest BCUT2D eigenvalue weighted by atomic mass is 10.00. The summed E-state index contributed by atoms with van der Waals surface area (Å²) in [5, 5.41) is 11.4. The van der Waals surface area contributed by atoms with Gasteiger partial charge >= 0.3 is 0 Å². The second kappa shape index (κ2) is 10.3. The van der Waals surface area contributed by atoms with E-state index in [4.69, 9.17) is 14.9 Å². The fourth-order valence-corrected chi connectivity index (χ4v) is 6.43. The van der Waals surface area contributed by atoms with Gasteiger partial charge in [0.05, 0.1) is 11.1 Å². The minimum atomic E-state index is -3.86. The molecule has 8 nitrogen and oxygen atoms in total. The second-order valence-corrected chi connectivity index (χ2v) is 12.6. The molecule has 206 valence electrons. The van der Waals surface area contributed by atoms with Gasteiger partial charge in [-0.2, -0.15) is 5.10 Å². The van der Waals surface area contributed by atoms with Crippen molar-refractivity contribution in [3.8, 4) is 28.0 Å². The average molecular weight is 556 g/mol. The Morgan fingerprint density at radius 2 is 1.60 bits per heavy atom. The molecule has 0 saturated carbocycles. The van der Waals surface area contributed by atoms with Crippen LogP contribution < -0.4 is 9.88 Å². The van der Waals surface area contributed by atoms with Crippen LogP contribution in [0.3, 0.4) is 0 Å². The van der Waals surface area contributed by atoms with Gasteiger partial charge in [-0.1, -0.05) is 48.9 Å². The van der Waals surface area contributed by atoms with Crippen molar-refractivity contribution in [2.45, 2.75) is 43.6 Å². The van der Waals surface area contributed by atoms with Crippen molar-refractivity contribution >= 4 is 26.4 Å². The maximum atomic E-state index is 12.1. The number of nitrogens with zero attached hydrogens (tertiary/aromatic N) is 4. The van der Waals surface area contributed by atoms with Crippen LogP contribution in [0, 0.1) is 0 Å². The molecule has 0 bridgehead atoms. The van der Waals surface area contributed by atoms with E-state index in [1.165, 1.54) is 19.3 Å². The third kappa shape index (κ3) is 5.32. The fraction of sp³-hybridized carbons (Fsp3) is 0.290. The monoisotopic (exact) mass is 555 g/mol. The molecule has 3 heterocycles. The molecule has 2 N–H and O–H groups in total. The predicted molar refractivity (Wildman–Crippen MR) is 158 cm³/mol. The Labute approximate surface area is 234 Å². The van der Waals surface area contributed by atoms with Crippen LogP contribution in [0.25, 0.3) is 38.7 Å². The Morgan fingerprint density at radius 3 is 2.33 bits per heavy atom. The number of likely N-dealkylation sites (tertiary alicyclic amines) is 1. The molecule has 0 amide bonds. The molecule has 1 fully saturated rings. The third-order valence-corrected chi connectivity index (χ3v) is 8.44. The highest BCUT2D eigenvalue weighted by Crippen LogP contribution is 2.34. The normalized spacial score (nSPS) is 15.1. The van der Waals surface area contributed by atoms with Gasteiger partial charge in [0, 0.05) is 35.5 Å². The number of sulfonamides is 1. The van der Waals surface area contributed by atoms with Gasteiger partial charge in [0.15, 0.2) is 5.65 Å². The van der Waals surface area contributed by atoms with Crippen LogP contribution in [0.2, 0.25) is 0 Å². The van der Waals surface area contributed by atoms with Crippen molar-refractivity contribution in [1.29, 1.82) is 0 Å². The highest BCUT2D eigenvalue weighted by Gasteiger charge is 2.25.